The Morgan fingerprint density at radius 2 is 2.24 bits per heavy atom. The molecule has 1 aliphatic rings. The Hall–Kier alpha value is -3.20. The van der Waals surface area contributed by atoms with Gasteiger partial charge in [-0.15, -0.1) is 0 Å². The van der Waals surface area contributed by atoms with Crippen LogP contribution in [0.5, 0.6) is 5.75 Å². The maximum absolute atomic E-state index is 13.9. The van der Waals surface area contributed by atoms with Crippen LogP contribution >= 0.6 is 0 Å². The Morgan fingerprint density at radius 1 is 1.41 bits per heavy atom. The average Bonchev–Trinajstić information content (AvgIpc) is 3.28. The number of carboxylic acids is 1. The smallest absolute Gasteiger partial charge is 0.341 e. The monoisotopic (exact) mass is 399 g/mol. The fraction of sp³-hybridized carbons (Fsp3) is 0.350. The summed E-state index contributed by atoms with van der Waals surface area (Å²) in [5.41, 5.74) is 6.85. The molecular formula is C20H22FN5O3. The first kappa shape index (κ1) is 19.1. The van der Waals surface area contributed by atoms with Crippen molar-refractivity contribution < 1.29 is 19.0 Å². The highest BCUT2D eigenvalue weighted by molar-refractivity contribution is 5.94. The molecule has 29 heavy (non-hydrogen) atoms. The standard InChI is InChI=1S/C20H22FN5O3/c1-11(24-18-6-7-26-19(25-18)16(10-23-26)20(27)28)15-8-12(21)2-5-17(15)29-14-4-3-13(22)9-14/h2,5-8,10-11,13-14H,3-4,9,22H2,1H3,(H,24,25)(H,27,28)/t11-,13-,14+/m1/s1. The van der Waals surface area contributed by atoms with Gasteiger partial charge in [0.25, 0.3) is 0 Å². The zero-order valence-electron chi connectivity index (χ0n) is 15.9. The number of hydrogen-bond donors (Lipinski definition) is 3. The quantitative estimate of drug-likeness (QED) is 0.584. The van der Waals surface area contributed by atoms with E-state index in [1.54, 1.807) is 18.3 Å². The first-order valence-electron chi connectivity index (χ1n) is 9.46. The molecule has 1 aliphatic carbocycles. The molecule has 0 saturated heterocycles. The molecule has 4 rings (SSSR count). The molecule has 0 bridgehead atoms. The van der Waals surface area contributed by atoms with E-state index in [1.165, 1.54) is 22.8 Å². The average molecular weight is 399 g/mol. The number of fused-ring (bicyclic) bond motifs is 1. The van der Waals surface area contributed by atoms with Gasteiger partial charge in [0.2, 0.25) is 0 Å². The number of hydrogen-bond acceptors (Lipinski definition) is 6. The van der Waals surface area contributed by atoms with Gasteiger partial charge in [-0.05, 0) is 50.5 Å². The highest BCUT2D eigenvalue weighted by atomic mass is 19.1. The fourth-order valence-corrected chi connectivity index (χ4v) is 3.62. The van der Waals surface area contributed by atoms with E-state index in [-0.39, 0.29) is 35.2 Å². The van der Waals surface area contributed by atoms with Crippen molar-refractivity contribution >= 4 is 17.4 Å². The molecule has 0 amide bonds. The van der Waals surface area contributed by atoms with E-state index in [2.05, 4.69) is 15.4 Å². The second-order valence-electron chi connectivity index (χ2n) is 7.31. The fourth-order valence-electron chi connectivity index (χ4n) is 3.62. The summed E-state index contributed by atoms with van der Waals surface area (Å²) in [5.74, 6) is -0.418. The lowest BCUT2D eigenvalue weighted by molar-refractivity contribution is 0.0698. The van der Waals surface area contributed by atoms with Gasteiger partial charge in [0.05, 0.1) is 12.2 Å². The van der Waals surface area contributed by atoms with Crippen LogP contribution in [0.3, 0.4) is 0 Å². The van der Waals surface area contributed by atoms with Crippen LogP contribution in [0.4, 0.5) is 10.2 Å². The Balaban J connectivity index is 1.58. The van der Waals surface area contributed by atoms with Crippen molar-refractivity contribution in [3.63, 3.8) is 0 Å². The second-order valence-corrected chi connectivity index (χ2v) is 7.31. The number of rotatable bonds is 6. The van der Waals surface area contributed by atoms with Gasteiger partial charge >= 0.3 is 5.97 Å². The van der Waals surface area contributed by atoms with E-state index >= 15 is 0 Å². The molecule has 3 atom stereocenters. The molecule has 2 heterocycles. The number of halogens is 1. The summed E-state index contributed by atoms with van der Waals surface area (Å²) in [5, 5.41) is 16.4. The lowest BCUT2D eigenvalue weighted by atomic mass is 10.1. The van der Waals surface area contributed by atoms with Gasteiger partial charge in [-0.2, -0.15) is 5.10 Å². The minimum Gasteiger partial charge on any atom is -0.490 e. The van der Waals surface area contributed by atoms with Gasteiger partial charge < -0.3 is 20.9 Å². The summed E-state index contributed by atoms with van der Waals surface area (Å²) >= 11 is 0. The van der Waals surface area contributed by atoms with Gasteiger partial charge in [-0.25, -0.2) is 18.7 Å². The van der Waals surface area contributed by atoms with Crippen LogP contribution in [0, 0.1) is 5.82 Å². The molecule has 0 aliphatic heterocycles. The van der Waals surface area contributed by atoms with Gasteiger partial charge in [0.15, 0.2) is 5.65 Å². The highest BCUT2D eigenvalue weighted by Crippen LogP contribution is 2.32. The predicted octanol–water partition coefficient (Wildman–Crippen LogP) is 3.00. The van der Waals surface area contributed by atoms with E-state index in [9.17, 15) is 14.3 Å². The summed E-state index contributed by atoms with van der Waals surface area (Å²) in [6.07, 6.45) is 5.44. The van der Waals surface area contributed by atoms with Crippen LogP contribution in [-0.2, 0) is 0 Å². The van der Waals surface area contributed by atoms with E-state index in [4.69, 9.17) is 10.5 Å². The molecule has 1 aromatic carbocycles. The largest absolute Gasteiger partial charge is 0.490 e. The molecule has 0 unspecified atom stereocenters. The SMILES string of the molecule is C[C@@H](Nc1ccn2ncc(C(=O)O)c2n1)c1cc(F)ccc1O[C@H]1CC[C@@H](N)C1. The molecule has 2 aromatic heterocycles. The molecule has 152 valence electrons. The van der Waals surface area contributed by atoms with Gasteiger partial charge in [-0.3, -0.25) is 0 Å². The summed E-state index contributed by atoms with van der Waals surface area (Å²) < 4.78 is 21.4. The molecule has 1 fully saturated rings. The first-order chi connectivity index (χ1) is 13.9. The minimum absolute atomic E-state index is 0.00801. The zero-order chi connectivity index (χ0) is 20.5. The third kappa shape index (κ3) is 4.00. The summed E-state index contributed by atoms with van der Waals surface area (Å²) in [4.78, 5) is 15.7. The Labute approximate surface area is 166 Å². The highest BCUT2D eigenvalue weighted by Gasteiger charge is 2.25. The maximum atomic E-state index is 13.9. The minimum atomic E-state index is -1.10. The lowest BCUT2D eigenvalue weighted by Crippen LogP contribution is -2.20. The van der Waals surface area contributed by atoms with Crippen LogP contribution in [0.25, 0.3) is 5.65 Å². The van der Waals surface area contributed by atoms with Crippen LogP contribution < -0.4 is 15.8 Å². The number of nitrogens with zero attached hydrogens (tertiary/aromatic N) is 3. The van der Waals surface area contributed by atoms with Gasteiger partial charge in [0, 0.05) is 17.8 Å². The molecule has 4 N–H and O–H groups in total. The van der Waals surface area contributed by atoms with Crippen molar-refractivity contribution in [2.45, 2.75) is 44.4 Å². The van der Waals surface area contributed by atoms with Crippen LogP contribution in [-0.4, -0.2) is 37.8 Å². The maximum Gasteiger partial charge on any atom is 0.341 e. The second kappa shape index (κ2) is 7.67. The number of ether oxygens (including phenoxy) is 1. The normalized spacial score (nSPS) is 20.0. The molecular weight excluding hydrogens is 377 g/mol. The number of nitrogens with one attached hydrogen (secondary N) is 1. The van der Waals surface area contributed by atoms with Gasteiger partial charge in [0.1, 0.15) is 29.1 Å². The predicted molar refractivity (Wildman–Crippen MR) is 105 cm³/mol. The summed E-state index contributed by atoms with van der Waals surface area (Å²) in [6.45, 7) is 1.86. The number of anilines is 1. The van der Waals surface area contributed by atoms with Crippen molar-refractivity contribution in [2.24, 2.45) is 5.73 Å². The molecule has 0 spiro atoms. The third-order valence-corrected chi connectivity index (χ3v) is 5.12. The van der Waals surface area contributed by atoms with Gasteiger partial charge in [-0.1, -0.05) is 0 Å². The zero-order valence-corrected chi connectivity index (χ0v) is 15.9. The number of nitrogens with two attached hydrogens (primary N) is 1. The van der Waals surface area contributed by atoms with E-state index in [0.717, 1.165) is 19.3 Å². The Bertz CT molecular complexity index is 1050. The van der Waals surface area contributed by atoms with Crippen LogP contribution in [0.2, 0.25) is 0 Å². The van der Waals surface area contributed by atoms with Crippen LogP contribution in [0.1, 0.15) is 48.1 Å². The van der Waals surface area contributed by atoms with Crippen molar-refractivity contribution in [2.75, 3.05) is 5.32 Å². The summed E-state index contributed by atoms with van der Waals surface area (Å²) in [6, 6.07) is 5.91. The number of aromatic nitrogens is 3. The number of benzene rings is 1. The van der Waals surface area contributed by atoms with Crippen molar-refractivity contribution in [1.29, 1.82) is 0 Å². The lowest BCUT2D eigenvalue weighted by Gasteiger charge is -2.21. The van der Waals surface area contributed by atoms with Crippen molar-refractivity contribution in [3.05, 3.63) is 53.6 Å². The number of carboxylic acid groups (broad SMARTS) is 1. The first-order valence-corrected chi connectivity index (χ1v) is 9.46. The third-order valence-electron chi connectivity index (χ3n) is 5.12. The summed E-state index contributed by atoms with van der Waals surface area (Å²) in [7, 11) is 0. The van der Waals surface area contributed by atoms with E-state index in [1.807, 2.05) is 6.92 Å². The molecule has 8 nitrogen and oxygen atoms in total. The van der Waals surface area contributed by atoms with E-state index in [0.29, 0.717) is 17.1 Å². The molecule has 0 radical (unpaired) electrons. The Morgan fingerprint density at radius 3 is 2.97 bits per heavy atom. The van der Waals surface area contributed by atoms with Crippen molar-refractivity contribution in [1.82, 2.24) is 14.6 Å². The van der Waals surface area contributed by atoms with E-state index < -0.39 is 5.97 Å². The molecule has 9 heteroatoms. The van der Waals surface area contributed by atoms with Crippen molar-refractivity contribution in [3.8, 4) is 5.75 Å². The number of aromatic carboxylic acids is 1. The molecule has 3 aromatic rings. The van der Waals surface area contributed by atoms with Crippen LogP contribution in [0.15, 0.2) is 36.7 Å². The molecule has 1 saturated carbocycles. The Kier molecular flexibility index (Phi) is 5.06. The topological polar surface area (TPSA) is 115 Å². The number of carbonyl (C=O) groups is 1.